The van der Waals surface area contributed by atoms with Gasteiger partial charge in [-0.3, -0.25) is 4.79 Å². The van der Waals surface area contributed by atoms with Crippen LogP contribution in [0.3, 0.4) is 0 Å². The normalized spacial score (nSPS) is 25.1. The second kappa shape index (κ2) is 6.20. The van der Waals surface area contributed by atoms with E-state index in [2.05, 4.69) is 0 Å². The van der Waals surface area contributed by atoms with E-state index >= 15 is 0 Å². The van der Waals surface area contributed by atoms with Crippen molar-refractivity contribution in [2.75, 3.05) is 6.61 Å². The minimum absolute atomic E-state index is 0.117. The number of esters is 1. The number of carbonyl (C=O) groups is 1. The summed E-state index contributed by atoms with van der Waals surface area (Å²) >= 11 is 0. The molecule has 1 N–H and O–H groups in total. The molecule has 0 bridgehead atoms. The van der Waals surface area contributed by atoms with Gasteiger partial charge in [-0.25, -0.2) is 0 Å². The maximum atomic E-state index is 11.8. The molecule has 2 unspecified atom stereocenters. The molecule has 1 saturated heterocycles. The molecule has 4 nitrogen and oxygen atoms in total. The summed E-state index contributed by atoms with van der Waals surface area (Å²) < 4.78 is 11.1. The van der Waals surface area contributed by atoms with Crippen LogP contribution in [-0.4, -0.2) is 23.8 Å². The lowest BCUT2D eigenvalue weighted by atomic mass is 9.84. The van der Waals surface area contributed by atoms with Crippen molar-refractivity contribution in [3.05, 3.63) is 66.2 Å². The zero-order valence-corrected chi connectivity index (χ0v) is 12.1. The fourth-order valence-electron chi connectivity index (χ4n) is 2.74. The van der Waals surface area contributed by atoms with Crippen molar-refractivity contribution >= 4 is 5.97 Å². The fraction of sp³-hybridized carbons (Fsp3) is 0.278. The van der Waals surface area contributed by atoms with Gasteiger partial charge in [0.15, 0.2) is 0 Å². The van der Waals surface area contributed by atoms with E-state index in [0.29, 0.717) is 17.7 Å². The van der Waals surface area contributed by atoms with Gasteiger partial charge >= 0.3 is 5.97 Å². The van der Waals surface area contributed by atoms with Crippen molar-refractivity contribution in [1.82, 2.24) is 0 Å². The molecule has 1 aliphatic rings. The van der Waals surface area contributed by atoms with Gasteiger partial charge in [0, 0.05) is 6.42 Å². The number of aliphatic hydroxyl groups is 1. The third-order valence-electron chi connectivity index (χ3n) is 3.88. The SMILES string of the molecule is O=C1CC(O)(c2ccccc2)C(Oc2ccccc2)CCO1. The summed E-state index contributed by atoms with van der Waals surface area (Å²) in [6.45, 7) is 0.242. The van der Waals surface area contributed by atoms with Crippen molar-refractivity contribution in [3.63, 3.8) is 0 Å². The van der Waals surface area contributed by atoms with Crippen LogP contribution in [0.4, 0.5) is 0 Å². The first-order chi connectivity index (χ1) is 10.7. The first-order valence-electron chi connectivity index (χ1n) is 7.34. The molecule has 1 aliphatic heterocycles. The molecule has 2 atom stereocenters. The van der Waals surface area contributed by atoms with Crippen molar-refractivity contribution in [1.29, 1.82) is 0 Å². The zero-order valence-electron chi connectivity index (χ0n) is 12.1. The molecule has 0 aliphatic carbocycles. The molecule has 22 heavy (non-hydrogen) atoms. The highest BCUT2D eigenvalue weighted by molar-refractivity contribution is 5.71. The van der Waals surface area contributed by atoms with Crippen LogP contribution in [0.5, 0.6) is 5.75 Å². The highest BCUT2D eigenvalue weighted by atomic mass is 16.5. The molecule has 1 fully saturated rings. The molecule has 0 aromatic heterocycles. The van der Waals surface area contributed by atoms with Crippen molar-refractivity contribution in [3.8, 4) is 5.75 Å². The molecular formula is C18H18O4. The number of benzene rings is 2. The molecule has 1 heterocycles. The molecule has 2 aromatic rings. The van der Waals surface area contributed by atoms with Crippen LogP contribution in [0.1, 0.15) is 18.4 Å². The number of cyclic esters (lactones) is 1. The Morgan fingerprint density at radius 2 is 1.68 bits per heavy atom. The highest BCUT2D eigenvalue weighted by Gasteiger charge is 2.44. The first kappa shape index (κ1) is 14.6. The summed E-state index contributed by atoms with van der Waals surface area (Å²) in [6.07, 6.45) is -0.232. The van der Waals surface area contributed by atoms with E-state index in [1.54, 1.807) is 12.1 Å². The van der Waals surface area contributed by atoms with E-state index in [1.165, 1.54) is 0 Å². The smallest absolute Gasteiger partial charge is 0.309 e. The van der Waals surface area contributed by atoms with Crippen LogP contribution in [-0.2, 0) is 15.1 Å². The Kier molecular flexibility index (Phi) is 4.11. The second-order valence-corrected chi connectivity index (χ2v) is 5.40. The highest BCUT2D eigenvalue weighted by Crippen LogP contribution is 2.35. The van der Waals surface area contributed by atoms with Crippen LogP contribution in [0.15, 0.2) is 60.7 Å². The Balaban J connectivity index is 1.95. The van der Waals surface area contributed by atoms with Crippen molar-refractivity contribution in [2.24, 2.45) is 0 Å². The monoisotopic (exact) mass is 298 g/mol. The summed E-state index contributed by atoms with van der Waals surface area (Å²) in [5.41, 5.74) is -0.736. The van der Waals surface area contributed by atoms with Crippen LogP contribution < -0.4 is 4.74 Å². The van der Waals surface area contributed by atoms with Gasteiger partial charge in [-0.15, -0.1) is 0 Å². The van der Waals surface area contributed by atoms with Crippen LogP contribution in [0.2, 0.25) is 0 Å². The Hall–Kier alpha value is -2.33. The lowest BCUT2D eigenvalue weighted by molar-refractivity contribution is -0.148. The lowest BCUT2D eigenvalue weighted by Crippen LogP contribution is -2.43. The van der Waals surface area contributed by atoms with Gasteiger partial charge in [0.1, 0.15) is 17.5 Å². The molecule has 4 heteroatoms. The molecule has 2 aromatic carbocycles. The standard InChI is InChI=1S/C18H18O4/c19-17-13-18(20,14-7-3-1-4-8-14)16(11-12-21-17)22-15-9-5-2-6-10-15/h1-10,16,20H,11-13H2. The molecule has 0 saturated carbocycles. The van der Waals surface area contributed by atoms with Gasteiger partial charge in [-0.2, -0.15) is 0 Å². The number of hydrogen-bond acceptors (Lipinski definition) is 4. The van der Waals surface area contributed by atoms with E-state index in [0.717, 1.165) is 0 Å². The number of hydrogen-bond donors (Lipinski definition) is 1. The van der Waals surface area contributed by atoms with Gasteiger partial charge in [0.25, 0.3) is 0 Å². The van der Waals surface area contributed by atoms with E-state index in [1.807, 2.05) is 48.5 Å². The minimum atomic E-state index is -1.40. The average Bonchev–Trinajstić information content (AvgIpc) is 2.69. The van der Waals surface area contributed by atoms with Gasteiger partial charge < -0.3 is 14.6 Å². The third kappa shape index (κ3) is 2.97. The van der Waals surface area contributed by atoms with Gasteiger partial charge in [0.05, 0.1) is 13.0 Å². The zero-order chi connectivity index (χ0) is 15.4. The van der Waals surface area contributed by atoms with Crippen LogP contribution >= 0.6 is 0 Å². The molecule has 0 amide bonds. The molecule has 114 valence electrons. The molecule has 0 radical (unpaired) electrons. The fourth-order valence-corrected chi connectivity index (χ4v) is 2.74. The molecule has 0 spiro atoms. The Morgan fingerprint density at radius 1 is 1.05 bits per heavy atom. The predicted molar refractivity (Wildman–Crippen MR) is 81.4 cm³/mol. The number of rotatable bonds is 3. The van der Waals surface area contributed by atoms with Crippen LogP contribution in [0.25, 0.3) is 0 Å². The van der Waals surface area contributed by atoms with Crippen LogP contribution in [0, 0.1) is 0 Å². The third-order valence-corrected chi connectivity index (χ3v) is 3.88. The summed E-state index contributed by atoms with van der Waals surface area (Å²) in [6, 6.07) is 18.5. The van der Waals surface area contributed by atoms with E-state index < -0.39 is 17.7 Å². The predicted octanol–water partition coefficient (Wildman–Crippen LogP) is 2.66. The Labute approximate surface area is 129 Å². The lowest BCUT2D eigenvalue weighted by Gasteiger charge is -2.34. The summed E-state index contributed by atoms with van der Waals surface area (Å²) in [5, 5.41) is 11.2. The average molecular weight is 298 g/mol. The minimum Gasteiger partial charge on any atom is -0.487 e. The largest absolute Gasteiger partial charge is 0.487 e. The van der Waals surface area contributed by atoms with Gasteiger partial charge in [-0.05, 0) is 17.7 Å². The topological polar surface area (TPSA) is 55.8 Å². The summed E-state index contributed by atoms with van der Waals surface area (Å²) in [7, 11) is 0. The van der Waals surface area contributed by atoms with Crippen molar-refractivity contribution in [2.45, 2.75) is 24.5 Å². The first-order valence-corrected chi connectivity index (χ1v) is 7.34. The summed E-state index contributed by atoms with van der Waals surface area (Å²) in [4.78, 5) is 11.8. The van der Waals surface area contributed by atoms with E-state index in [9.17, 15) is 9.90 Å². The molecule has 3 rings (SSSR count). The quantitative estimate of drug-likeness (QED) is 0.885. The number of carbonyl (C=O) groups excluding carboxylic acids is 1. The van der Waals surface area contributed by atoms with E-state index in [-0.39, 0.29) is 13.0 Å². The Morgan fingerprint density at radius 3 is 2.36 bits per heavy atom. The Bertz CT molecular complexity index is 626. The maximum absolute atomic E-state index is 11.8. The summed E-state index contributed by atoms with van der Waals surface area (Å²) in [5.74, 6) is 0.252. The van der Waals surface area contributed by atoms with Gasteiger partial charge in [0.2, 0.25) is 0 Å². The van der Waals surface area contributed by atoms with Gasteiger partial charge in [-0.1, -0.05) is 48.5 Å². The van der Waals surface area contributed by atoms with E-state index in [4.69, 9.17) is 9.47 Å². The maximum Gasteiger partial charge on any atom is 0.309 e. The van der Waals surface area contributed by atoms with Crippen molar-refractivity contribution < 1.29 is 19.4 Å². The molecular weight excluding hydrogens is 280 g/mol. The number of ether oxygens (including phenoxy) is 2. The number of para-hydroxylation sites is 1. The second-order valence-electron chi connectivity index (χ2n) is 5.40.